The molecular weight excluding hydrogens is 281 g/mol. The van der Waals surface area contributed by atoms with Crippen LogP contribution in [-0.4, -0.2) is 35.8 Å². The summed E-state index contributed by atoms with van der Waals surface area (Å²) < 4.78 is 13.0. The van der Waals surface area contributed by atoms with Crippen LogP contribution in [0, 0.1) is 11.7 Å². The highest BCUT2D eigenvalue weighted by Crippen LogP contribution is 2.23. The first-order chi connectivity index (χ1) is 10.5. The van der Waals surface area contributed by atoms with Gasteiger partial charge in [0.25, 0.3) is 0 Å². The first-order valence-corrected chi connectivity index (χ1v) is 7.25. The molecule has 2 heterocycles. The summed E-state index contributed by atoms with van der Waals surface area (Å²) in [6.07, 6.45) is 0.249. The number of aromatic nitrogens is 1. The van der Waals surface area contributed by atoms with Gasteiger partial charge >= 0.3 is 0 Å². The molecule has 22 heavy (non-hydrogen) atoms. The van der Waals surface area contributed by atoms with Gasteiger partial charge in [-0.25, -0.2) is 4.39 Å². The Hall–Kier alpha value is -2.27. The molecule has 0 spiro atoms. The van der Waals surface area contributed by atoms with E-state index in [2.05, 4.69) is 9.88 Å². The van der Waals surface area contributed by atoms with E-state index in [4.69, 9.17) is 5.73 Å². The normalized spacial score (nSPS) is 15.5. The van der Waals surface area contributed by atoms with E-state index in [1.165, 1.54) is 12.1 Å². The molecule has 114 valence electrons. The maximum absolute atomic E-state index is 13.0. The van der Waals surface area contributed by atoms with Crippen molar-refractivity contribution in [3.8, 4) is 11.3 Å². The van der Waals surface area contributed by atoms with E-state index in [1.807, 2.05) is 7.05 Å². The number of halogens is 1. The van der Waals surface area contributed by atoms with Crippen molar-refractivity contribution in [1.82, 2.24) is 9.88 Å². The fourth-order valence-electron chi connectivity index (χ4n) is 2.65. The SMILES string of the molecule is CN1CC(C(=O)Cc2nc(-c3ccc(F)cc3)ccc2N)C1. The monoisotopic (exact) mass is 299 g/mol. The van der Waals surface area contributed by atoms with Crippen molar-refractivity contribution in [3.63, 3.8) is 0 Å². The van der Waals surface area contributed by atoms with Crippen LogP contribution in [0.2, 0.25) is 0 Å². The molecule has 2 N–H and O–H groups in total. The van der Waals surface area contributed by atoms with E-state index in [1.54, 1.807) is 24.3 Å². The molecule has 0 radical (unpaired) electrons. The summed E-state index contributed by atoms with van der Waals surface area (Å²) in [6, 6.07) is 9.65. The predicted molar refractivity (Wildman–Crippen MR) is 83.7 cm³/mol. The summed E-state index contributed by atoms with van der Waals surface area (Å²) in [5.41, 5.74) is 8.56. The van der Waals surface area contributed by atoms with Crippen LogP contribution < -0.4 is 5.73 Å². The number of carbonyl (C=O) groups excluding carboxylic acids is 1. The number of anilines is 1. The number of ketones is 1. The van der Waals surface area contributed by atoms with Crippen molar-refractivity contribution in [3.05, 3.63) is 47.9 Å². The average Bonchev–Trinajstić information content (AvgIpc) is 2.47. The van der Waals surface area contributed by atoms with Gasteiger partial charge in [0.15, 0.2) is 0 Å². The van der Waals surface area contributed by atoms with Crippen molar-refractivity contribution in [2.24, 2.45) is 5.92 Å². The van der Waals surface area contributed by atoms with E-state index in [9.17, 15) is 9.18 Å². The fraction of sp³-hybridized carbons (Fsp3) is 0.294. The molecule has 1 saturated heterocycles. The largest absolute Gasteiger partial charge is 0.397 e. The van der Waals surface area contributed by atoms with Gasteiger partial charge in [0, 0.05) is 24.6 Å². The summed E-state index contributed by atoms with van der Waals surface area (Å²) >= 11 is 0. The molecule has 5 heteroatoms. The van der Waals surface area contributed by atoms with Gasteiger partial charge in [-0.1, -0.05) is 0 Å². The van der Waals surface area contributed by atoms with E-state index in [0.717, 1.165) is 18.7 Å². The summed E-state index contributed by atoms with van der Waals surface area (Å²) in [7, 11) is 1.99. The second-order valence-corrected chi connectivity index (χ2v) is 5.80. The Balaban J connectivity index is 1.80. The summed E-state index contributed by atoms with van der Waals surface area (Å²) in [5, 5.41) is 0. The van der Waals surface area contributed by atoms with Crippen LogP contribution in [0.1, 0.15) is 5.69 Å². The lowest BCUT2D eigenvalue weighted by molar-refractivity contribution is -0.126. The average molecular weight is 299 g/mol. The van der Waals surface area contributed by atoms with Gasteiger partial charge < -0.3 is 10.6 Å². The standard InChI is InChI=1S/C17H18FN3O/c1-21-9-12(10-21)17(22)8-16-14(19)6-7-15(20-16)11-2-4-13(18)5-3-11/h2-7,12H,8-10,19H2,1H3. The zero-order valence-electron chi connectivity index (χ0n) is 12.4. The Kier molecular flexibility index (Phi) is 3.90. The van der Waals surface area contributed by atoms with Crippen molar-refractivity contribution < 1.29 is 9.18 Å². The van der Waals surface area contributed by atoms with Crippen LogP contribution in [0.25, 0.3) is 11.3 Å². The highest BCUT2D eigenvalue weighted by Gasteiger charge is 2.30. The second-order valence-electron chi connectivity index (χ2n) is 5.80. The third-order valence-corrected chi connectivity index (χ3v) is 4.01. The van der Waals surface area contributed by atoms with Crippen LogP contribution >= 0.6 is 0 Å². The van der Waals surface area contributed by atoms with E-state index < -0.39 is 0 Å². The summed E-state index contributed by atoms with van der Waals surface area (Å²) in [4.78, 5) is 18.8. The van der Waals surface area contributed by atoms with Crippen LogP contribution in [0.5, 0.6) is 0 Å². The third kappa shape index (κ3) is 2.99. The number of likely N-dealkylation sites (tertiary alicyclic amines) is 1. The maximum atomic E-state index is 13.0. The molecule has 3 rings (SSSR count). The lowest BCUT2D eigenvalue weighted by atomic mass is 9.92. The number of nitrogens with two attached hydrogens (primary N) is 1. The number of rotatable bonds is 4. The van der Waals surface area contributed by atoms with E-state index in [-0.39, 0.29) is 23.9 Å². The number of nitrogen functional groups attached to an aromatic ring is 1. The summed E-state index contributed by atoms with van der Waals surface area (Å²) in [6.45, 7) is 1.60. The Morgan fingerprint density at radius 1 is 1.27 bits per heavy atom. The minimum Gasteiger partial charge on any atom is -0.397 e. The predicted octanol–water partition coefficient (Wildman–Crippen LogP) is 2.14. The van der Waals surface area contributed by atoms with Crippen molar-refractivity contribution >= 4 is 11.5 Å². The van der Waals surface area contributed by atoms with Gasteiger partial charge in [0.2, 0.25) is 0 Å². The lowest BCUT2D eigenvalue weighted by Crippen LogP contribution is -2.48. The van der Waals surface area contributed by atoms with Crippen LogP contribution in [0.4, 0.5) is 10.1 Å². The van der Waals surface area contributed by atoms with Crippen LogP contribution in [0.15, 0.2) is 36.4 Å². The highest BCUT2D eigenvalue weighted by molar-refractivity contribution is 5.85. The van der Waals surface area contributed by atoms with Gasteiger partial charge in [0.1, 0.15) is 11.6 Å². The topological polar surface area (TPSA) is 59.2 Å². The number of carbonyl (C=O) groups is 1. The molecule has 0 amide bonds. The van der Waals surface area contributed by atoms with Crippen LogP contribution in [0.3, 0.4) is 0 Å². The number of hydrogen-bond acceptors (Lipinski definition) is 4. The van der Waals surface area contributed by atoms with Gasteiger partial charge in [-0.3, -0.25) is 9.78 Å². The molecule has 4 nitrogen and oxygen atoms in total. The minimum absolute atomic E-state index is 0.0840. The zero-order valence-corrected chi connectivity index (χ0v) is 12.4. The van der Waals surface area contributed by atoms with Crippen LogP contribution in [-0.2, 0) is 11.2 Å². The number of hydrogen-bond donors (Lipinski definition) is 1. The molecule has 1 aromatic heterocycles. The first kappa shape index (κ1) is 14.7. The number of Topliss-reactive ketones (excluding diaryl/α,β-unsaturated/α-hetero) is 1. The molecule has 0 bridgehead atoms. The molecule has 1 aliphatic heterocycles. The maximum Gasteiger partial charge on any atom is 0.144 e. The summed E-state index contributed by atoms with van der Waals surface area (Å²) in [5.74, 6) is -0.0297. The molecular formula is C17H18FN3O. The molecule has 0 atom stereocenters. The Labute approximate surface area is 128 Å². The number of nitrogens with zero attached hydrogens (tertiary/aromatic N) is 2. The minimum atomic E-state index is -0.288. The molecule has 0 aliphatic carbocycles. The van der Waals surface area contributed by atoms with E-state index in [0.29, 0.717) is 17.1 Å². The van der Waals surface area contributed by atoms with Gasteiger partial charge in [0.05, 0.1) is 23.5 Å². The Bertz CT molecular complexity index is 694. The number of pyridine rings is 1. The van der Waals surface area contributed by atoms with Gasteiger partial charge in [-0.2, -0.15) is 0 Å². The Morgan fingerprint density at radius 2 is 1.95 bits per heavy atom. The fourth-order valence-corrected chi connectivity index (χ4v) is 2.65. The molecule has 1 fully saturated rings. The molecule has 1 aromatic carbocycles. The third-order valence-electron chi connectivity index (χ3n) is 4.01. The van der Waals surface area contributed by atoms with E-state index >= 15 is 0 Å². The van der Waals surface area contributed by atoms with Gasteiger partial charge in [-0.05, 0) is 43.4 Å². The second kappa shape index (κ2) is 5.85. The molecule has 0 saturated carbocycles. The molecule has 0 unspecified atom stereocenters. The highest BCUT2D eigenvalue weighted by atomic mass is 19.1. The quantitative estimate of drug-likeness (QED) is 0.939. The van der Waals surface area contributed by atoms with Crippen molar-refractivity contribution in [2.45, 2.75) is 6.42 Å². The lowest BCUT2D eigenvalue weighted by Gasteiger charge is -2.35. The van der Waals surface area contributed by atoms with Gasteiger partial charge in [-0.15, -0.1) is 0 Å². The molecule has 2 aromatic rings. The van der Waals surface area contributed by atoms with Crippen molar-refractivity contribution in [1.29, 1.82) is 0 Å². The number of benzene rings is 1. The first-order valence-electron chi connectivity index (χ1n) is 7.25. The van der Waals surface area contributed by atoms with Crippen molar-refractivity contribution in [2.75, 3.05) is 25.9 Å². The zero-order chi connectivity index (χ0) is 15.7. The smallest absolute Gasteiger partial charge is 0.144 e. The molecule has 1 aliphatic rings. The Morgan fingerprint density at radius 3 is 2.59 bits per heavy atom.